The Morgan fingerprint density at radius 1 is 1.05 bits per heavy atom. The van der Waals surface area contributed by atoms with Gasteiger partial charge in [0.1, 0.15) is 5.75 Å². The molecule has 1 aliphatic rings. The van der Waals surface area contributed by atoms with E-state index in [1.165, 1.54) is 0 Å². The number of aromatic nitrogens is 1. The van der Waals surface area contributed by atoms with Gasteiger partial charge in [0.25, 0.3) is 0 Å². The van der Waals surface area contributed by atoms with Gasteiger partial charge in [-0.1, -0.05) is 0 Å². The van der Waals surface area contributed by atoms with Crippen LogP contribution in [0.25, 0.3) is 16.5 Å². The fourth-order valence-corrected chi connectivity index (χ4v) is 2.46. The molecular formula is C15H13NO3. The van der Waals surface area contributed by atoms with Crippen molar-refractivity contribution in [3.05, 3.63) is 35.0 Å². The standard InChI is InChI=1S/C15H13NO3/c1-7-8(2)14(17)15(18)12-10-6-9(19-3)4-5-11(10)16-13(7)12/h4-6,16H,1-3H3. The Morgan fingerprint density at radius 3 is 2.47 bits per heavy atom. The number of H-pyrrole nitrogens is 1. The second kappa shape index (κ2) is 3.82. The highest BCUT2D eigenvalue weighted by Crippen LogP contribution is 2.35. The molecule has 96 valence electrons. The van der Waals surface area contributed by atoms with Gasteiger partial charge in [0.05, 0.1) is 18.4 Å². The summed E-state index contributed by atoms with van der Waals surface area (Å²) < 4.78 is 5.17. The topological polar surface area (TPSA) is 59.2 Å². The van der Waals surface area contributed by atoms with Crippen molar-refractivity contribution in [2.75, 3.05) is 7.11 Å². The number of carbonyl (C=O) groups excluding carboxylic acids is 2. The zero-order valence-electron chi connectivity index (χ0n) is 11.0. The molecule has 0 aliphatic heterocycles. The Labute approximate surface area is 110 Å². The molecule has 0 unspecified atom stereocenters. The van der Waals surface area contributed by atoms with Gasteiger partial charge in [-0.05, 0) is 37.6 Å². The van der Waals surface area contributed by atoms with E-state index in [1.807, 2.05) is 19.1 Å². The maximum absolute atomic E-state index is 12.2. The molecule has 1 N–H and O–H groups in total. The van der Waals surface area contributed by atoms with Crippen LogP contribution in [0.4, 0.5) is 0 Å². The van der Waals surface area contributed by atoms with E-state index < -0.39 is 11.6 Å². The average Bonchev–Trinajstić information content (AvgIpc) is 2.81. The first-order valence-corrected chi connectivity index (χ1v) is 6.01. The summed E-state index contributed by atoms with van der Waals surface area (Å²) in [6, 6.07) is 5.46. The van der Waals surface area contributed by atoms with Crippen LogP contribution in [0.3, 0.4) is 0 Å². The van der Waals surface area contributed by atoms with Gasteiger partial charge in [-0.2, -0.15) is 0 Å². The number of ketones is 2. The molecule has 0 spiro atoms. The molecule has 19 heavy (non-hydrogen) atoms. The predicted octanol–water partition coefficient (Wildman–Crippen LogP) is 2.74. The zero-order chi connectivity index (χ0) is 13.7. The van der Waals surface area contributed by atoms with Crippen LogP contribution in [0.5, 0.6) is 5.75 Å². The minimum atomic E-state index is -0.447. The Bertz CT molecular complexity index is 765. The quantitative estimate of drug-likeness (QED) is 0.797. The van der Waals surface area contributed by atoms with Crippen molar-refractivity contribution in [2.24, 2.45) is 0 Å². The van der Waals surface area contributed by atoms with Crippen LogP contribution in [-0.4, -0.2) is 23.7 Å². The monoisotopic (exact) mass is 255 g/mol. The molecule has 1 heterocycles. The number of benzene rings is 1. The number of rotatable bonds is 1. The van der Waals surface area contributed by atoms with E-state index in [0.717, 1.165) is 22.2 Å². The largest absolute Gasteiger partial charge is 0.497 e. The molecular weight excluding hydrogens is 242 g/mol. The maximum atomic E-state index is 12.2. The summed E-state index contributed by atoms with van der Waals surface area (Å²) in [5, 5.41) is 0.736. The lowest BCUT2D eigenvalue weighted by Crippen LogP contribution is -2.21. The number of ether oxygens (including phenoxy) is 1. The number of hydrogen-bond acceptors (Lipinski definition) is 3. The third-order valence-electron chi connectivity index (χ3n) is 3.72. The second-order valence-corrected chi connectivity index (χ2v) is 4.69. The first kappa shape index (κ1) is 11.7. The molecule has 0 saturated carbocycles. The van der Waals surface area contributed by atoms with Gasteiger partial charge in [0.2, 0.25) is 11.6 Å². The minimum absolute atomic E-state index is 0.422. The molecule has 0 radical (unpaired) electrons. The molecule has 4 nitrogen and oxygen atoms in total. The fourth-order valence-electron chi connectivity index (χ4n) is 2.46. The van der Waals surface area contributed by atoms with E-state index in [9.17, 15) is 9.59 Å². The lowest BCUT2D eigenvalue weighted by atomic mass is 9.88. The fraction of sp³-hybridized carbons (Fsp3) is 0.200. The van der Waals surface area contributed by atoms with Crippen LogP contribution < -0.4 is 4.74 Å². The Kier molecular flexibility index (Phi) is 2.35. The third-order valence-corrected chi connectivity index (χ3v) is 3.72. The number of nitrogens with one attached hydrogen (secondary N) is 1. The van der Waals surface area contributed by atoms with Crippen LogP contribution in [0.2, 0.25) is 0 Å². The van der Waals surface area contributed by atoms with Crippen LogP contribution in [0.15, 0.2) is 23.8 Å². The van der Waals surface area contributed by atoms with E-state index in [1.54, 1.807) is 20.1 Å². The summed E-state index contributed by atoms with van der Waals surface area (Å²) in [4.78, 5) is 27.4. The van der Waals surface area contributed by atoms with Crippen molar-refractivity contribution in [2.45, 2.75) is 13.8 Å². The SMILES string of the molecule is COc1ccc2[nH]c3c(c2c1)C(=O)C(=O)C(C)=C3C. The van der Waals surface area contributed by atoms with E-state index >= 15 is 0 Å². The van der Waals surface area contributed by atoms with E-state index in [2.05, 4.69) is 4.98 Å². The summed E-state index contributed by atoms with van der Waals surface area (Å²) in [7, 11) is 1.57. The molecule has 2 aromatic rings. The normalized spacial score (nSPS) is 15.1. The lowest BCUT2D eigenvalue weighted by Gasteiger charge is -2.13. The molecule has 4 heteroatoms. The average molecular weight is 255 g/mol. The van der Waals surface area contributed by atoms with Crippen molar-refractivity contribution < 1.29 is 14.3 Å². The smallest absolute Gasteiger partial charge is 0.235 e. The van der Waals surface area contributed by atoms with Gasteiger partial charge < -0.3 is 9.72 Å². The van der Waals surface area contributed by atoms with Gasteiger partial charge in [-0.3, -0.25) is 9.59 Å². The van der Waals surface area contributed by atoms with Crippen molar-refractivity contribution in [3.8, 4) is 5.75 Å². The summed E-state index contributed by atoms with van der Waals surface area (Å²) in [6.45, 7) is 3.54. The number of methoxy groups -OCH3 is 1. The molecule has 0 bridgehead atoms. The van der Waals surface area contributed by atoms with Gasteiger partial charge in [-0.25, -0.2) is 0 Å². The Morgan fingerprint density at radius 2 is 1.79 bits per heavy atom. The molecule has 0 fully saturated rings. The Balaban J connectivity index is 2.41. The maximum Gasteiger partial charge on any atom is 0.235 e. The van der Waals surface area contributed by atoms with Gasteiger partial charge in [0.15, 0.2) is 0 Å². The van der Waals surface area contributed by atoms with Crippen molar-refractivity contribution >= 4 is 28.0 Å². The number of Topliss-reactive ketones (excluding diaryl/α,β-unsaturated/α-hetero) is 2. The number of aromatic amines is 1. The molecule has 1 aromatic carbocycles. The number of carbonyl (C=O) groups is 2. The highest BCUT2D eigenvalue weighted by Gasteiger charge is 2.31. The number of fused-ring (bicyclic) bond motifs is 3. The van der Waals surface area contributed by atoms with Crippen LogP contribution >= 0.6 is 0 Å². The molecule has 0 atom stereocenters. The summed E-state index contributed by atoms with van der Waals surface area (Å²) in [6.07, 6.45) is 0. The third kappa shape index (κ3) is 1.46. The highest BCUT2D eigenvalue weighted by atomic mass is 16.5. The van der Waals surface area contributed by atoms with Crippen molar-refractivity contribution in [1.82, 2.24) is 4.98 Å². The number of allylic oxidation sites excluding steroid dienone is 2. The van der Waals surface area contributed by atoms with E-state index in [0.29, 0.717) is 16.9 Å². The summed E-state index contributed by atoms with van der Waals surface area (Å²) in [5.41, 5.74) is 3.37. The van der Waals surface area contributed by atoms with Gasteiger partial charge in [-0.15, -0.1) is 0 Å². The van der Waals surface area contributed by atoms with Crippen LogP contribution in [-0.2, 0) is 4.79 Å². The molecule has 1 aliphatic carbocycles. The van der Waals surface area contributed by atoms with Gasteiger partial charge >= 0.3 is 0 Å². The van der Waals surface area contributed by atoms with Crippen LogP contribution in [0, 0.1) is 0 Å². The number of hydrogen-bond donors (Lipinski definition) is 1. The first-order valence-electron chi connectivity index (χ1n) is 6.01. The molecule has 1 aromatic heterocycles. The molecule has 3 rings (SSSR count). The van der Waals surface area contributed by atoms with E-state index in [-0.39, 0.29) is 0 Å². The lowest BCUT2D eigenvalue weighted by molar-refractivity contribution is -0.111. The van der Waals surface area contributed by atoms with Crippen LogP contribution in [0.1, 0.15) is 29.9 Å². The van der Waals surface area contributed by atoms with Crippen molar-refractivity contribution in [3.63, 3.8) is 0 Å². The zero-order valence-corrected chi connectivity index (χ0v) is 11.0. The molecule has 0 saturated heterocycles. The Hall–Kier alpha value is -2.36. The molecule has 0 amide bonds. The summed E-state index contributed by atoms with van der Waals surface area (Å²) >= 11 is 0. The summed E-state index contributed by atoms with van der Waals surface area (Å²) in [5.74, 6) is -0.204. The van der Waals surface area contributed by atoms with E-state index in [4.69, 9.17) is 4.74 Å². The minimum Gasteiger partial charge on any atom is -0.497 e. The van der Waals surface area contributed by atoms with Crippen molar-refractivity contribution in [1.29, 1.82) is 0 Å². The van der Waals surface area contributed by atoms with Gasteiger partial charge in [0, 0.05) is 16.5 Å². The predicted molar refractivity (Wildman–Crippen MR) is 72.5 cm³/mol. The first-order chi connectivity index (χ1) is 9.04. The second-order valence-electron chi connectivity index (χ2n) is 4.69. The highest BCUT2D eigenvalue weighted by molar-refractivity contribution is 6.54.